The molecule has 2 rings (SSSR count). The first-order valence-corrected chi connectivity index (χ1v) is 2.90. The summed E-state index contributed by atoms with van der Waals surface area (Å²) in [5.41, 5.74) is -0.915. The molecule has 0 spiro atoms. The van der Waals surface area contributed by atoms with Gasteiger partial charge in [-0.1, -0.05) is 0 Å². The summed E-state index contributed by atoms with van der Waals surface area (Å²) in [6, 6.07) is -1.25. The van der Waals surface area contributed by atoms with E-state index in [9.17, 15) is 4.79 Å². The largest absolute Gasteiger partial charge is 0.328 e. The lowest BCUT2D eigenvalue weighted by atomic mass is 10.3. The van der Waals surface area contributed by atoms with E-state index in [-0.39, 0.29) is 16.9 Å². The van der Waals surface area contributed by atoms with Crippen molar-refractivity contribution in [1.29, 1.82) is 0 Å². The van der Waals surface area contributed by atoms with Gasteiger partial charge in [0.25, 0.3) is 5.56 Å². The normalized spacial score (nSPS) is 16.5. The number of pyridine rings is 2. The first-order chi connectivity index (χ1) is 7.43. The second-order valence-electron chi connectivity index (χ2n) is 1.90. The van der Waals surface area contributed by atoms with Crippen molar-refractivity contribution in [2.75, 3.05) is 0 Å². The minimum Gasteiger partial charge on any atom is -0.328 e. The van der Waals surface area contributed by atoms with Crippen LogP contribution in [0.5, 0.6) is 0 Å². The Hall–Kier alpha value is -1.64. The average Bonchev–Trinajstić information content (AvgIpc) is 2.22. The Morgan fingerprint density at radius 3 is 3.36 bits per heavy atom. The van der Waals surface area contributed by atoms with E-state index < -0.39 is 30.0 Å². The van der Waals surface area contributed by atoms with Gasteiger partial charge >= 0.3 is 0 Å². The van der Waals surface area contributed by atoms with Gasteiger partial charge in [-0.05, 0) is 18.1 Å². The highest BCUT2D eigenvalue weighted by atomic mass is 16.1. The summed E-state index contributed by atoms with van der Waals surface area (Å²) in [5, 5.41) is -0.220. The van der Waals surface area contributed by atoms with Crippen LogP contribution in [0.25, 0.3) is 10.9 Å². The lowest BCUT2D eigenvalue weighted by Crippen LogP contribution is -2.04. The highest BCUT2D eigenvalue weighted by Gasteiger charge is 1.94. The van der Waals surface area contributed by atoms with Gasteiger partial charge in [0.2, 0.25) is 0 Å². The lowest BCUT2D eigenvalue weighted by Gasteiger charge is -1.91. The Labute approximate surface area is 69.7 Å². The van der Waals surface area contributed by atoms with E-state index in [1.807, 2.05) is 0 Å². The number of rotatable bonds is 0. The van der Waals surface area contributed by atoms with Crippen LogP contribution in [-0.2, 0) is 0 Å². The van der Waals surface area contributed by atoms with Crippen molar-refractivity contribution in [3.05, 3.63) is 40.8 Å². The summed E-state index contributed by atoms with van der Waals surface area (Å²) in [6.45, 7) is 0. The first-order valence-electron chi connectivity index (χ1n) is 5.40. The fourth-order valence-corrected chi connectivity index (χ4v) is 0.754. The van der Waals surface area contributed by atoms with Crippen molar-refractivity contribution in [3.63, 3.8) is 0 Å². The Morgan fingerprint density at radius 2 is 2.45 bits per heavy atom. The second-order valence-corrected chi connectivity index (χ2v) is 1.90. The van der Waals surface area contributed by atoms with Crippen LogP contribution < -0.4 is 5.56 Å². The molecule has 3 nitrogen and oxygen atoms in total. The van der Waals surface area contributed by atoms with Crippen LogP contribution in [0, 0.1) is 0 Å². The minimum absolute atomic E-state index is 0.181. The van der Waals surface area contributed by atoms with E-state index >= 15 is 0 Å². The minimum atomic E-state index is -0.734. The van der Waals surface area contributed by atoms with Crippen molar-refractivity contribution in [1.82, 2.24) is 9.97 Å². The van der Waals surface area contributed by atoms with E-state index in [1.165, 1.54) is 0 Å². The monoisotopic (exact) mass is 151 g/mol. The molecule has 0 unspecified atom stereocenters. The second kappa shape index (κ2) is 2.20. The fourth-order valence-electron chi connectivity index (χ4n) is 0.754. The molecule has 2 heterocycles. The fraction of sp³-hybridized carbons (Fsp3) is 0. The molecule has 0 aliphatic carbocycles. The van der Waals surface area contributed by atoms with E-state index in [2.05, 4.69) is 9.97 Å². The molecule has 54 valence electrons. The van der Waals surface area contributed by atoms with E-state index in [0.717, 1.165) is 0 Å². The zero-order chi connectivity index (χ0) is 12.0. The van der Waals surface area contributed by atoms with Crippen LogP contribution >= 0.6 is 0 Å². The molecule has 0 bridgehead atoms. The molecule has 0 aliphatic rings. The maximum absolute atomic E-state index is 11.5. The maximum Gasteiger partial charge on any atom is 0.257 e. The topological polar surface area (TPSA) is 45.8 Å². The number of aromatic nitrogens is 2. The number of aromatic amines is 1. The smallest absolute Gasteiger partial charge is 0.257 e. The van der Waals surface area contributed by atoms with Crippen molar-refractivity contribution >= 4 is 10.9 Å². The van der Waals surface area contributed by atoms with Gasteiger partial charge in [-0.25, -0.2) is 0 Å². The highest BCUT2D eigenvalue weighted by Crippen LogP contribution is 2.01. The van der Waals surface area contributed by atoms with Crippen LogP contribution in [0.4, 0.5) is 0 Å². The molecule has 0 radical (unpaired) electrons. The summed E-state index contributed by atoms with van der Waals surface area (Å²) < 4.78 is 37.0. The highest BCUT2D eigenvalue weighted by molar-refractivity contribution is 5.76. The lowest BCUT2D eigenvalue weighted by molar-refractivity contribution is 1.26. The van der Waals surface area contributed by atoms with Crippen LogP contribution in [0.1, 0.15) is 6.85 Å². The summed E-state index contributed by atoms with van der Waals surface area (Å²) >= 11 is 0. The van der Waals surface area contributed by atoms with Gasteiger partial charge in [0.15, 0.2) is 0 Å². The zero-order valence-corrected chi connectivity index (χ0v) is 5.36. The summed E-state index contributed by atoms with van der Waals surface area (Å²) in [6.07, 6.45) is -0.891. The Bertz CT molecular complexity index is 651. The molecule has 11 heavy (non-hydrogen) atoms. The molecule has 0 saturated carbocycles. The molecule has 0 fully saturated rings. The molecule has 0 saturated heterocycles. The van der Waals surface area contributed by atoms with Crippen molar-refractivity contribution in [2.45, 2.75) is 0 Å². The quantitative estimate of drug-likeness (QED) is 0.608. The van der Waals surface area contributed by atoms with Gasteiger partial charge in [-0.15, -0.1) is 0 Å². The van der Waals surface area contributed by atoms with Gasteiger partial charge in [0, 0.05) is 12.3 Å². The van der Waals surface area contributed by atoms with Crippen LogP contribution in [0.3, 0.4) is 0 Å². The zero-order valence-electron chi connectivity index (χ0n) is 10.4. The van der Waals surface area contributed by atoms with Gasteiger partial charge < -0.3 is 4.98 Å². The molecule has 2 aromatic rings. The molecule has 0 aliphatic heterocycles. The number of fused-ring (bicyclic) bond motifs is 1. The van der Waals surface area contributed by atoms with Gasteiger partial charge in [0.1, 0.15) is 0 Å². The molecule has 0 aromatic carbocycles. The van der Waals surface area contributed by atoms with E-state index in [4.69, 9.17) is 6.85 Å². The van der Waals surface area contributed by atoms with Crippen molar-refractivity contribution < 1.29 is 6.85 Å². The van der Waals surface area contributed by atoms with E-state index in [1.54, 1.807) is 0 Å². The van der Waals surface area contributed by atoms with Crippen molar-refractivity contribution in [2.24, 2.45) is 0 Å². The summed E-state index contributed by atoms with van der Waals surface area (Å²) in [7, 11) is 0. The van der Waals surface area contributed by atoms with Crippen LogP contribution in [-0.4, -0.2) is 9.97 Å². The number of hydrogen-bond donors (Lipinski definition) is 1. The predicted molar refractivity (Wildman–Crippen MR) is 42.4 cm³/mol. The standard InChI is InChI=1S/C8H6N2O/c11-8-6-2-1-4-9-7(6)3-5-10-8/h1-5H,(H,10,11)/i1D,2D,3D,4D,5D. The van der Waals surface area contributed by atoms with Gasteiger partial charge in [-0.3, -0.25) is 9.78 Å². The van der Waals surface area contributed by atoms with Crippen LogP contribution in [0.2, 0.25) is 0 Å². The van der Waals surface area contributed by atoms with Crippen molar-refractivity contribution in [3.8, 4) is 0 Å². The van der Waals surface area contributed by atoms with E-state index in [0.29, 0.717) is 0 Å². The maximum atomic E-state index is 11.5. The molecule has 0 atom stereocenters. The number of nitrogens with zero attached hydrogens (tertiary/aromatic N) is 1. The van der Waals surface area contributed by atoms with Gasteiger partial charge in [-0.2, -0.15) is 0 Å². The molecule has 0 amide bonds. The predicted octanol–water partition coefficient (Wildman–Crippen LogP) is 0.923. The third-order valence-electron chi connectivity index (χ3n) is 1.23. The summed E-state index contributed by atoms with van der Waals surface area (Å²) in [5.74, 6) is 0. The number of H-pyrrole nitrogens is 1. The summed E-state index contributed by atoms with van der Waals surface area (Å²) in [4.78, 5) is 17.1. The Morgan fingerprint density at radius 1 is 1.55 bits per heavy atom. The number of nitrogens with one attached hydrogen (secondary N) is 1. The molecular weight excluding hydrogens is 140 g/mol. The first kappa shape index (κ1) is 2.77. The third-order valence-corrected chi connectivity index (χ3v) is 1.23. The SMILES string of the molecule is [2H]c1nc2c([2H])c([2H])[nH]c(=O)c2c([2H])c1[2H]. The Balaban J connectivity index is 3.13. The Kier molecular flexibility index (Phi) is 0.554. The van der Waals surface area contributed by atoms with Gasteiger partial charge in [0.05, 0.1) is 17.8 Å². The number of hydrogen-bond acceptors (Lipinski definition) is 2. The average molecular weight is 151 g/mol. The molecular formula is C8H6N2O. The molecule has 2 aromatic heterocycles. The molecule has 3 heteroatoms. The third kappa shape index (κ3) is 0.902. The van der Waals surface area contributed by atoms with Crippen LogP contribution in [0.15, 0.2) is 35.3 Å². The molecule has 1 N–H and O–H groups in total.